The molecule has 109 valence electrons. The molecular weight excluding hydrogens is 287 g/mol. The van der Waals surface area contributed by atoms with Crippen LogP contribution in [0.3, 0.4) is 0 Å². The van der Waals surface area contributed by atoms with E-state index in [1.54, 1.807) is 12.3 Å². The van der Waals surface area contributed by atoms with E-state index in [1.807, 2.05) is 14.1 Å². The molecule has 7 heteroatoms. The van der Waals surface area contributed by atoms with E-state index in [1.165, 1.54) is 6.20 Å². The van der Waals surface area contributed by atoms with Crippen LogP contribution in [-0.4, -0.2) is 23.0 Å². The number of nitrogens with one attached hydrogen (secondary N) is 1. The molecule has 3 N–H and O–H groups in total. The lowest BCUT2D eigenvalue weighted by atomic mass is 9.74. The first-order chi connectivity index (χ1) is 10.5. The lowest BCUT2D eigenvalue weighted by Gasteiger charge is -2.06. The SMILES string of the molecule is C[B]c1cnc2[nH]cc(C(=O)c3c(F)ccc(N)c3F)c2c1. The first-order valence-electron chi connectivity index (χ1n) is 6.57. The summed E-state index contributed by atoms with van der Waals surface area (Å²) in [4.78, 5) is 19.5. The second-order valence-electron chi connectivity index (χ2n) is 4.81. The molecule has 0 saturated heterocycles. The number of aromatic nitrogens is 2. The standard InChI is InChI=1S/C15H11BF2N3O/c1-16-7-4-8-9(6-21-15(8)20-5-7)14(22)12-10(17)2-3-11(19)13(12)18/h2-6H,19H2,1H3,(H,20,21). The maximum Gasteiger partial charge on any atom is 0.201 e. The summed E-state index contributed by atoms with van der Waals surface area (Å²) in [5.74, 6) is -2.77. The number of nitrogens with zero attached hydrogens (tertiary/aromatic N) is 1. The number of hydrogen-bond donors (Lipinski definition) is 2. The summed E-state index contributed by atoms with van der Waals surface area (Å²) in [7, 11) is 1.81. The highest BCUT2D eigenvalue weighted by atomic mass is 19.1. The number of aromatic amines is 1. The van der Waals surface area contributed by atoms with E-state index in [2.05, 4.69) is 9.97 Å². The van der Waals surface area contributed by atoms with Crippen LogP contribution in [0.1, 0.15) is 15.9 Å². The fraction of sp³-hybridized carbons (Fsp3) is 0.0667. The number of anilines is 1. The van der Waals surface area contributed by atoms with E-state index in [0.29, 0.717) is 11.0 Å². The van der Waals surface area contributed by atoms with Crippen LogP contribution < -0.4 is 11.2 Å². The molecule has 0 aliphatic heterocycles. The third kappa shape index (κ3) is 2.15. The van der Waals surface area contributed by atoms with Crippen LogP contribution in [0.2, 0.25) is 6.82 Å². The summed E-state index contributed by atoms with van der Waals surface area (Å²) < 4.78 is 27.9. The van der Waals surface area contributed by atoms with Crippen LogP contribution in [0.4, 0.5) is 14.5 Å². The molecule has 0 amide bonds. The van der Waals surface area contributed by atoms with Crippen LogP contribution in [0.15, 0.2) is 30.6 Å². The van der Waals surface area contributed by atoms with Gasteiger partial charge in [-0.05, 0) is 12.1 Å². The van der Waals surface area contributed by atoms with Gasteiger partial charge in [0.05, 0.1) is 11.3 Å². The molecule has 0 spiro atoms. The van der Waals surface area contributed by atoms with Crippen LogP contribution in [0.25, 0.3) is 11.0 Å². The topological polar surface area (TPSA) is 71.8 Å². The fourth-order valence-corrected chi connectivity index (χ4v) is 2.28. The van der Waals surface area contributed by atoms with E-state index in [4.69, 9.17) is 5.73 Å². The van der Waals surface area contributed by atoms with Crippen molar-refractivity contribution in [2.75, 3.05) is 5.73 Å². The van der Waals surface area contributed by atoms with Gasteiger partial charge in [0, 0.05) is 23.3 Å². The van der Waals surface area contributed by atoms with E-state index >= 15 is 0 Å². The smallest absolute Gasteiger partial charge is 0.201 e. The summed E-state index contributed by atoms with van der Waals surface area (Å²) >= 11 is 0. The maximum absolute atomic E-state index is 14.0. The first-order valence-corrected chi connectivity index (χ1v) is 6.57. The van der Waals surface area contributed by atoms with Crippen molar-refractivity contribution in [3.05, 3.63) is 53.4 Å². The van der Waals surface area contributed by atoms with Crippen LogP contribution in [0.5, 0.6) is 0 Å². The number of nitrogens with two attached hydrogens (primary N) is 1. The fourth-order valence-electron chi connectivity index (χ4n) is 2.28. The number of H-pyrrole nitrogens is 1. The molecule has 0 aliphatic rings. The lowest BCUT2D eigenvalue weighted by Crippen LogP contribution is -2.12. The number of nitrogen functional groups attached to an aromatic ring is 1. The average Bonchev–Trinajstić information content (AvgIpc) is 2.94. The van der Waals surface area contributed by atoms with Gasteiger partial charge < -0.3 is 10.7 Å². The Labute approximate surface area is 125 Å². The van der Waals surface area contributed by atoms with Crippen molar-refractivity contribution in [2.45, 2.75) is 6.82 Å². The van der Waals surface area contributed by atoms with Crippen molar-refractivity contribution in [1.29, 1.82) is 0 Å². The number of ketones is 1. The van der Waals surface area contributed by atoms with Crippen molar-refractivity contribution in [1.82, 2.24) is 9.97 Å². The molecule has 0 unspecified atom stereocenters. The molecule has 1 aromatic carbocycles. The van der Waals surface area contributed by atoms with Gasteiger partial charge in [0.25, 0.3) is 0 Å². The largest absolute Gasteiger partial charge is 0.396 e. The third-order valence-electron chi connectivity index (χ3n) is 3.48. The molecule has 2 heterocycles. The molecule has 0 bridgehead atoms. The third-order valence-corrected chi connectivity index (χ3v) is 3.48. The molecule has 0 atom stereocenters. The number of rotatable bonds is 3. The minimum absolute atomic E-state index is 0.148. The molecule has 0 aliphatic carbocycles. The Hall–Kier alpha value is -2.70. The molecular formula is C15H11BF2N3O. The number of fused-ring (bicyclic) bond motifs is 1. The zero-order chi connectivity index (χ0) is 15.9. The second-order valence-corrected chi connectivity index (χ2v) is 4.81. The van der Waals surface area contributed by atoms with Crippen molar-refractivity contribution in [2.24, 2.45) is 0 Å². The summed E-state index contributed by atoms with van der Waals surface area (Å²) in [6, 6.07) is 3.79. The van der Waals surface area contributed by atoms with Crippen molar-refractivity contribution in [3.8, 4) is 0 Å². The van der Waals surface area contributed by atoms with E-state index in [9.17, 15) is 13.6 Å². The predicted octanol–water partition coefficient (Wildman–Crippen LogP) is 2.03. The first kappa shape index (κ1) is 14.3. The minimum Gasteiger partial charge on any atom is -0.396 e. The normalized spacial score (nSPS) is 10.9. The van der Waals surface area contributed by atoms with Gasteiger partial charge in [-0.2, -0.15) is 0 Å². The lowest BCUT2D eigenvalue weighted by molar-refractivity contribution is 0.103. The predicted molar refractivity (Wildman–Crippen MR) is 81.5 cm³/mol. The summed E-state index contributed by atoms with van der Waals surface area (Å²) in [5, 5.41) is 0.502. The van der Waals surface area contributed by atoms with Gasteiger partial charge in [-0.15, -0.1) is 0 Å². The molecule has 4 nitrogen and oxygen atoms in total. The van der Waals surface area contributed by atoms with Gasteiger partial charge in [0.2, 0.25) is 5.78 Å². The van der Waals surface area contributed by atoms with Gasteiger partial charge in [-0.3, -0.25) is 4.79 Å². The van der Waals surface area contributed by atoms with Crippen LogP contribution >= 0.6 is 0 Å². The van der Waals surface area contributed by atoms with Crippen molar-refractivity contribution >= 4 is 35.2 Å². The highest BCUT2D eigenvalue weighted by molar-refractivity contribution is 6.52. The van der Waals surface area contributed by atoms with E-state index in [0.717, 1.165) is 17.6 Å². The highest BCUT2D eigenvalue weighted by Gasteiger charge is 2.23. The van der Waals surface area contributed by atoms with Gasteiger partial charge in [-0.1, -0.05) is 18.4 Å². The Bertz CT molecular complexity index is 892. The van der Waals surface area contributed by atoms with Gasteiger partial charge in [0.15, 0.2) is 5.82 Å². The zero-order valence-electron chi connectivity index (χ0n) is 11.7. The number of pyridine rings is 1. The molecule has 3 aromatic rings. The number of halogens is 2. The number of benzene rings is 1. The Kier molecular flexibility index (Phi) is 3.40. The van der Waals surface area contributed by atoms with Crippen molar-refractivity contribution in [3.63, 3.8) is 0 Å². The molecule has 0 saturated carbocycles. The zero-order valence-corrected chi connectivity index (χ0v) is 11.7. The molecule has 1 radical (unpaired) electrons. The van der Waals surface area contributed by atoms with Gasteiger partial charge >= 0.3 is 0 Å². The Morgan fingerprint density at radius 1 is 1.36 bits per heavy atom. The number of hydrogen-bond acceptors (Lipinski definition) is 3. The molecule has 3 rings (SSSR count). The summed E-state index contributed by atoms with van der Waals surface area (Å²) in [5.41, 5.74) is 5.91. The second kappa shape index (κ2) is 5.25. The van der Waals surface area contributed by atoms with Crippen LogP contribution in [-0.2, 0) is 0 Å². The minimum atomic E-state index is -1.05. The highest BCUT2D eigenvalue weighted by Crippen LogP contribution is 2.25. The van der Waals surface area contributed by atoms with Crippen molar-refractivity contribution < 1.29 is 13.6 Å². The monoisotopic (exact) mass is 298 g/mol. The summed E-state index contributed by atoms with van der Waals surface area (Å²) in [6.45, 7) is 1.83. The Morgan fingerprint density at radius 3 is 2.86 bits per heavy atom. The van der Waals surface area contributed by atoms with E-state index < -0.39 is 23.0 Å². The number of carbonyl (C=O) groups is 1. The molecule has 2 aromatic heterocycles. The Balaban J connectivity index is 2.20. The molecule has 22 heavy (non-hydrogen) atoms. The quantitative estimate of drug-likeness (QED) is 0.441. The average molecular weight is 298 g/mol. The van der Waals surface area contributed by atoms with E-state index in [-0.39, 0.29) is 11.3 Å². The molecule has 0 fully saturated rings. The van der Waals surface area contributed by atoms with Gasteiger partial charge in [-0.25, -0.2) is 13.8 Å². The summed E-state index contributed by atoms with van der Waals surface area (Å²) in [6.07, 6.45) is 3.02. The van der Waals surface area contributed by atoms with Gasteiger partial charge in [0.1, 0.15) is 18.7 Å². The van der Waals surface area contributed by atoms with Crippen LogP contribution in [0, 0.1) is 11.6 Å². The number of carbonyl (C=O) groups excluding carboxylic acids is 1. The Morgan fingerprint density at radius 2 is 2.14 bits per heavy atom. The maximum atomic E-state index is 14.0.